The Morgan fingerprint density at radius 1 is 0.600 bits per heavy atom. The Hall–Kier alpha value is -2.94. The van der Waals surface area contributed by atoms with Gasteiger partial charge in [0.1, 0.15) is 0 Å². The van der Waals surface area contributed by atoms with Crippen molar-refractivity contribution >= 4 is 5.57 Å². The summed E-state index contributed by atoms with van der Waals surface area (Å²) in [4.78, 5) is 4.76. The Labute approximate surface area is 337 Å². The molecule has 2 nitrogen and oxygen atoms in total. The van der Waals surface area contributed by atoms with Crippen LogP contribution in [0, 0.1) is 5.92 Å². The maximum atomic E-state index is 2.75. The second kappa shape index (κ2) is 16.5. The highest BCUT2D eigenvalue weighted by atomic mass is 15.1. The van der Waals surface area contributed by atoms with E-state index in [-0.39, 0.29) is 21.7 Å². The summed E-state index contributed by atoms with van der Waals surface area (Å²) in [5.74, 6) is 0.885. The minimum Gasteiger partial charge on any atom is -0.309 e. The van der Waals surface area contributed by atoms with Crippen molar-refractivity contribution in [1.82, 2.24) is 9.80 Å². The van der Waals surface area contributed by atoms with E-state index >= 15 is 0 Å². The summed E-state index contributed by atoms with van der Waals surface area (Å²) in [6.45, 7) is 21.4. The van der Waals surface area contributed by atoms with Crippen LogP contribution in [-0.2, 0) is 21.7 Å². The maximum Gasteiger partial charge on any atom is 0.0187 e. The zero-order valence-corrected chi connectivity index (χ0v) is 37.2. The molecule has 0 saturated heterocycles. The van der Waals surface area contributed by atoms with Crippen LogP contribution < -0.4 is 0 Å². The average molecular weight is 741 g/mol. The second-order valence-electron chi connectivity index (χ2n) is 20.7. The van der Waals surface area contributed by atoms with Crippen LogP contribution in [0.25, 0.3) is 16.7 Å². The summed E-state index contributed by atoms with van der Waals surface area (Å²) in [5.41, 5.74) is 15.3. The van der Waals surface area contributed by atoms with Crippen LogP contribution in [0.3, 0.4) is 0 Å². The van der Waals surface area contributed by atoms with Crippen LogP contribution in [-0.4, -0.2) is 51.1 Å². The van der Waals surface area contributed by atoms with Gasteiger partial charge in [0.25, 0.3) is 0 Å². The van der Waals surface area contributed by atoms with E-state index in [1.807, 2.05) is 0 Å². The lowest BCUT2D eigenvalue weighted by Crippen LogP contribution is -2.35. The van der Waals surface area contributed by atoms with E-state index < -0.39 is 0 Å². The third-order valence-electron chi connectivity index (χ3n) is 13.9. The number of fused-ring (bicyclic) bond motifs is 6. The third-order valence-corrected chi connectivity index (χ3v) is 13.9. The van der Waals surface area contributed by atoms with Gasteiger partial charge >= 0.3 is 0 Å². The fourth-order valence-electron chi connectivity index (χ4n) is 10.5. The molecule has 3 aromatic carbocycles. The fraction of sp³-hybridized carbons (Fsp3) is 0.585. The number of nitrogens with zero attached hydrogens (tertiary/aromatic N) is 2. The lowest BCUT2D eigenvalue weighted by molar-refractivity contribution is 0.244. The summed E-state index contributed by atoms with van der Waals surface area (Å²) in [6, 6.07) is 22.6. The summed E-state index contributed by atoms with van der Waals surface area (Å²) in [5, 5.41) is 0. The van der Waals surface area contributed by atoms with Crippen LogP contribution in [0.4, 0.5) is 0 Å². The molecule has 0 amide bonds. The zero-order valence-electron chi connectivity index (χ0n) is 37.2. The van der Waals surface area contributed by atoms with Crippen LogP contribution in [0.15, 0.2) is 72.8 Å². The van der Waals surface area contributed by atoms with Gasteiger partial charge in [0.2, 0.25) is 0 Å². The molecule has 0 aromatic heterocycles. The van der Waals surface area contributed by atoms with Crippen molar-refractivity contribution in [2.24, 2.45) is 5.92 Å². The van der Waals surface area contributed by atoms with E-state index in [0.29, 0.717) is 11.8 Å². The molecule has 3 aliphatic carbocycles. The first kappa shape index (κ1) is 41.7. The van der Waals surface area contributed by atoms with Gasteiger partial charge in [-0.2, -0.15) is 0 Å². The molecule has 2 heteroatoms. The lowest BCUT2D eigenvalue weighted by Gasteiger charge is -2.39. The number of rotatable bonds is 16. The Kier molecular flexibility index (Phi) is 12.5. The highest BCUT2D eigenvalue weighted by Crippen LogP contribution is 2.60. The highest BCUT2D eigenvalue weighted by molar-refractivity contribution is 5.85. The Morgan fingerprint density at radius 2 is 1.15 bits per heavy atom. The molecule has 0 heterocycles. The third kappa shape index (κ3) is 8.53. The molecular weight excluding hydrogens is 665 g/mol. The van der Waals surface area contributed by atoms with E-state index in [4.69, 9.17) is 0 Å². The van der Waals surface area contributed by atoms with Gasteiger partial charge in [-0.3, -0.25) is 0 Å². The quantitative estimate of drug-likeness (QED) is 0.135. The smallest absolute Gasteiger partial charge is 0.0187 e. The molecule has 0 aliphatic heterocycles. The van der Waals surface area contributed by atoms with Gasteiger partial charge in [-0.15, -0.1) is 0 Å². The van der Waals surface area contributed by atoms with Gasteiger partial charge in [-0.1, -0.05) is 161 Å². The van der Waals surface area contributed by atoms with E-state index in [2.05, 4.69) is 166 Å². The SMILES string of the molecule is CCCCCCCCC1(C)c2cc(C3=CC4C(C=C3)c3ccc(C(C)(C)C)cc3C4(CCCN(C)C)CCCN(C)C)ccc2-c2ccc(C(C)(C)C)cc21. The van der Waals surface area contributed by atoms with Crippen molar-refractivity contribution in [3.8, 4) is 11.1 Å². The van der Waals surface area contributed by atoms with Crippen LogP contribution in [0.1, 0.15) is 171 Å². The topological polar surface area (TPSA) is 6.48 Å². The first-order valence-corrected chi connectivity index (χ1v) is 22.1. The monoisotopic (exact) mass is 741 g/mol. The number of benzene rings is 3. The van der Waals surface area contributed by atoms with Gasteiger partial charge < -0.3 is 9.80 Å². The van der Waals surface area contributed by atoms with Crippen LogP contribution in [0.2, 0.25) is 0 Å². The molecule has 0 bridgehead atoms. The van der Waals surface area contributed by atoms with Crippen molar-refractivity contribution < 1.29 is 0 Å². The number of unbranched alkanes of at least 4 members (excludes halogenated alkanes) is 5. The molecule has 0 radical (unpaired) electrons. The van der Waals surface area contributed by atoms with E-state index in [0.717, 1.165) is 13.1 Å². The molecule has 298 valence electrons. The minimum atomic E-state index is 0.0171. The fourth-order valence-corrected chi connectivity index (χ4v) is 10.5. The van der Waals surface area contributed by atoms with Crippen LogP contribution >= 0.6 is 0 Å². The summed E-state index contributed by atoms with van der Waals surface area (Å²) in [6.07, 6.45) is 21.9. The lowest BCUT2D eigenvalue weighted by atomic mass is 9.65. The van der Waals surface area contributed by atoms with Crippen LogP contribution in [0.5, 0.6) is 0 Å². The molecule has 55 heavy (non-hydrogen) atoms. The standard InChI is InChI=1S/C53H76N2/c1-13-14-15-16-17-18-29-52(8)46-34-38(21-25-42(46)43-27-23-40(36-47(43)52)50(2,3)4)39-22-26-44-45-28-24-41(51(5,6)7)37-49(45)53(48(44)35-39,30-19-32-54(9)10)31-20-33-55(11)12/h21-28,34-37,44,48H,13-20,29-33H2,1-12H3. The summed E-state index contributed by atoms with van der Waals surface area (Å²) >= 11 is 0. The molecular formula is C53H76N2. The van der Waals surface area contributed by atoms with Gasteiger partial charge in [-0.25, -0.2) is 0 Å². The van der Waals surface area contributed by atoms with Gasteiger partial charge in [-0.05, 0) is 152 Å². The van der Waals surface area contributed by atoms with Gasteiger partial charge in [0.05, 0.1) is 0 Å². The Morgan fingerprint density at radius 3 is 1.75 bits per heavy atom. The molecule has 6 rings (SSSR count). The number of hydrogen-bond acceptors (Lipinski definition) is 2. The van der Waals surface area contributed by atoms with Crippen molar-refractivity contribution in [3.63, 3.8) is 0 Å². The highest BCUT2D eigenvalue weighted by Gasteiger charge is 2.51. The van der Waals surface area contributed by atoms with Crippen molar-refractivity contribution in [1.29, 1.82) is 0 Å². The Bertz CT molecular complexity index is 1840. The molecule has 0 N–H and O–H groups in total. The van der Waals surface area contributed by atoms with Gasteiger partial charge in [0.15, 0.2) is 0 Å². The first-order chi connectivity index (χ1) is 26.0. The van der Waals surface area contributed by atoms with Gasteiger partial charge in [0, 0.05) is 16.7 Å². The molecule has 0 saturated carbocycles. The first-order valence-electron chi connectivity index (χ1n) is 22.1. The second-order valence-corrected chi connectivity index (χ2v) is 20.7. The molecule has 3 unspecified atom stereocenters. The van der Waals surface area contributed by atoms with E-state index in [9.17, 15) is 0 Å². The minimum absolute atomic E-state index is 0.0171. The molecule has 3 aromatic rings. The average Bonchev–Trinajstić information content (AvgIpc) is 3.53. The molecule has 0 spiro atoms. The van der Waals surface area contributed by atoms with Crippen molar-refractivity contribution in [2.75, 3.05) is 41.3 Å². The normalized spacial score (nSPS) is 21.2. The predicted octanol–water partition coefficient (Wildman–Crippen LogP) is 13.6. The number of hydrogen-bond donors (Lipinski definition) is 0. The summed E-state index contributed by atoms with van der Waals surface area (Å²) < 4.78 is 0. The zero-order chi connectivity index (χ0) is 39.8. The number of allylic oxidation sites excluding steroid dienone is 4. The molecule has 3 atom stereocenters. The van der Waals surface area contributed by atoms with Crippen molar-refractivity contribution in [3.05, 3.63) is 112 Å². The molecule has 3 aliphatic rings. The van der Waals surface area contributed by atoms with E-state index in [1.165, 1.54) is 104 Å². The largest absolute Gasteiger partial charge is 0.309 e. The predicted molar refractivity (Wildman–Crippen MR) is 241 cm³/mol. The Balaban J connectivity index is 1.43. The molecule has 0 fully saturated rings. The summed E-state index contributed by atoms with van der Waals surface area (Å²) in [7, 11) is 8.94. The van der Waals surface area contributed by atoms with Crippen molar-refractivity contribution in [2.45, 2.75) is 154 Å². The maximum absolute atomic E-state index is 2.75. The van der Waals surface area contributed by atoms with E-state index in [1.54, 1.807) is 22.3 Å².